The van der Waals surface area contributed by atoms with Crippen molar-refractivity contribution < 1.29 is 4.79 Å². The monoisotopic (exact) mass is 249 g/mol. The van der Waals surface area contributed by atoms with Gasteiger partial charge in [0.15, 0.2) is 0 Å². The Balaban J connectivity index is 2.05. The van der Waals surface area contributed by atoms with Gasteiger partial charge < -0.3 is 11.2 Å². The Kier molecular flexibility index (Phi) is 3.19. The summed E-state index contributed by atoms with van der Waals surface area (Å²) in [5.41, 5.74) is 11.4. The molecule has 90 valence electrons. The van der Waals surface area contributed by atoms with Crippen molar-refractivity contribution in [2.75, 3.05) is 5.43 Å². The summed E-state index contributed by atoms with van der Waals surface area (Å²) in [4.78, 5) is 12.0. The molecule has 2 heterocycles. The van der Waals surface area contributed by atoms with Crippen LogP contribution in [-0.4, -0.2) is 10.6 Å². The number of amides is 1. The number of nitrogens with two attached hydrogens (primary N) is 1. The summed E-state index contributed by atoms with van der Waals surface area (Å²) in [7, 11) is 0. The van der Waals surface area contributed by atoms with Crippen LogP contribution in [-0.2, 0) is 6.54 Å². The number of primary amides is 1. The van der Waals surface area contributed by atoms with E-state index in [1.165, 1.54) is 11.3 Å². The number of aryl methyl sites for hydroxylation is 2. The predicted octanol–water partition coefficient (Wildman–Crippen LogP) is 2.01. The fourth-order valence-corrected chi connectivity index (χ4v) is 2.48. The molecule has 3 N–H and O–H groups in total. The summed E-state index contributed by atoms with van der Waals surface area (Å²) in [5.74, 6) is -0.374. The number of nitrogens with one attached hydrogen (secondary N) is 1. The van der Waals surface area contributed by atoms with Crippen molar-refractivity contribution in [2.24, 2.45) is 5.73 Å². The van der Waals surface area contributed by atoms with E-state index >= 15 is 0 Å². The zero-order chi connectivity index (χ0) is 12.4. The number of rotatable bonds is 4. The molecule has 2 rings (SSSR count). The van der Waals surface area contributed by atoms with Crippen LogP contribution in [0.4, 0.5) is 0 Å². The Morgan fingerprint density at radius 1 is 1.41 bits per heavy atom. The molecule has 17 heavy (non-hydrogen) atoms. The van der Waals surface area contributed by atoms with Crippen molar-refractivity contribution in [3.8, 4) is 0 Å². The molecule has 0 saturated carbocycles. The van der Waals surface area contributed by atoms with Gasteiger partial charge in [-0.15, -0.1) is 11.3 Å². The second kappa shape index (κ2) is 4.63. The summed E-state index contributed by atoms with van der Waals surface area (Å²) in [5, 5.41) is 1.79. The minimum absolute atomic E-state index is 0.374. The van der Waals surface area contributed by atoms with Crippen molar-refractivity contribution in [1.29, 1.82) is 0 Å². The van der Waals surface area contributed by atoms with E-state index in [-0.39, 0.29) is 5.91 Å². The molecule has 0 aliphatic carbocycles. The Hall–Kier alpha value is -1.75. The minimum atomic E-state index is -0.374. The number of carbonyl (C=O) groups is 1. The highest BCUT2D eigenvalue weighted by Gasteiger charge is 2.05. The van der Waals surface area contributed by atoms with Crippen LogP contribution in [0, 0.1) is 13.8 Å². The molecule has 2 aromatic rings. The fourth-order valence-electron chi connectivity index (χ4n) is 1.68. The van der Waals surface area contributed by atoms with E-state index in [0.717, 1.165) is 16.3 Å². The number of carbonyl (C=O) groups excluding carboxylic acids is 1. The predicted molar refractivity (Wildman–Crippen MR) is 69.8 cm³/mol. The van der Waals surface area contributed by atoms with E-state index in [1.807, 2.05) is 24.6 Å². The first-order valence-electron chi connectivity index (χ1n) is 5.34. The van der Waals surface area contributed by atoms with Crippen LogP contribution in [0.2, 0.25) is 0 Å². The molecule has 0 saturated heterocycles. The molecule has 4 nitrogen and oxygen atoms in total. The molecule has 0 radical (unpaired) electrons. The number of thiophene rings is 1. The van der Waals surface area contributed by atoms with Crippen LogP contribution in [0.3, 0.4) is 0 Å². The number of aromatic nitrogens is 1. The maximum absolute atomic E-state index is 11.0. The first-order valence-corrected chi connectivity index (χ1v) is 6.22. The van der Waals surface area contributed by atoms with Crippen LogP contribution in [0.25, 0.3) is 0 Å². The molecular weight excluding hydrogens is 234 g/mol. The average molecular weight is 249 g/mol. The van der Waals surface area contributed by atoms with Gasteiger partial charge in [-0.1, -0.05) is 0 Å². The average Bonchev–Trinajstić information content (AvgIpc) is 2.85. The SMILES string of the molecule is Cc1ccc(C)n1NCc1cc(C(N)=O)cs1. The smallest absolute Gasteiger partial charge is 0.249 e. The molecule has 0 aromatic carbocycles. The van der Waals surface area contributed by atoms with Crippen LogP contribution < -0.4 is 11.2 Å². The second-order valence-corrected chi connectivity index (χ2v) is 4.95. The normalized spacial score (nSPS) is 10.5. The zero-order valence-corrected chi connectivity index (χ0v) is 10.7. The third-order valence-electron chi connectivity index (χ3n) is 2.62. The highest BCUT2D eigenvalue weighted by molar-refractivity contribution is 7.10. The summed E-state index contributed by atoms with van der Waals surface area (Å²) >= 11 is 1.53. The van der Waals surface area contributed by atoms with Crippen LogP contribution in [0.15, 0.2) is 23.6 Å². The molecule has 0 aliphatic heterocycles. The van der Waals surface area contributed by atoms with Gasteiger partial charge in [0.25, 0.3) is 0 Å². The fraction of sp³-hybridized carbons (Fsp3) is 0.250. The Labute approximate surface area is 104 Å². The van der Waals surface area contributed by atoms with Gasteiger partial charge in [-0.3, -0.25) is 9.47 Å². The highest BCUT2D eigenvalue weighted by atomic mass is 32.1. The summed E-state index contributed by atoms with van der Waals surface area (Å²) in [6, 6.07) is 5.95. The van der Waals surface area contributed by atoms with Crippen molar-refractivity contribution in [2.45, 2.75) is 20.4 Å². The van der Waals surface area contributed by atoms with E-state index in [0.29, 0.717) is 12.1 Å². The molecular formula is C12H15N3OS. The molecule has 0 bridgehead atoms. The molecule has 2 aromatic heterocycles. The van der Waals surface area contributed by atoms with Gasteiger partial charge >= 0.3 is 0 Å². The van der Waals surface area contributed by atoms with Crippen LogP contribution >= 0.6 is 11.3 Å². The Bertz CT molecular complexity index is 522. The summed E-state index contributed by atoms with van der Waals surface area (Å²) in [6.45, 7) is 4.78. The van der Waals surface area contributed by atoms with Crippen molar-refractivity contribution in [1.82, 2.24) is 4.68 Å². The van der Waals surface area contributed by atoms with Gasteiger partial charge in [0.2, 0.25) is 5.91 Å². The standard InChI is InChI=1S/C12H15N3OS/c1-8-3-4-9(2)15(8)14-6-11-5-10(7-17-11)12(13)16/h3-5,7,14H,6H2,1-2H3,(H2,13,16). The van der Waals surface area contributed by atoms with E-state index in [2.05, 4.69) is 17.6 Å². The molecule has 0 atom stereocenters. The number of hydrogen-bond acceptors (Lipinski definition) is 3. The van der Waals surface area contributed by atoms with Gasteiger partial charge in [0, 0.05) is 21.6 Å². The van der Waals surface area contributed by atoms with Gasteiger partial charge in [-0.05, 0) is 32.0 Å². The topological polar surface area (TPSA) is 60.1 Å². The molecule has 1 amide bonds. The third-order valence-corrected chi connectivity index (χ3v) is 3.56. The van der Waals surface area contributed by atoms with E-state index < -0.39 is 0 Å². The van der Waals surface area contributed by atoms with E-state index in [1.54, 1.807) is 5.38 Å². The lowest BCUT2D eigenvalue weighted by Crippen LogP contribution is -2.16. The Morgan fingerprint density at radius 3 is 2.59 bits per heavy atom. The van der Waals surface area contributed by atoms with Crippen molar-refractivity contribution >= 4 is 17.2 Å². The van der Waals surface area contributed by atoms with Gasteiger partial charge in [-0.25, -0.2) is 0 Å². The largest absolute Gasteiger partial charge is 0.366 e. The van der Waals surface area contributed by atoms with Gasteiger partial charge in [0.1, 0.15) is 0 Å². The number of hydrogen-bond donors (Lipinski definition) is 2. The van der Waals surface area contributed by atoms with Crippen LogP contribution in [0.1, 0.15) is 26.6 Å². The highest BCUT2D eigenvalue weighted by Crippen LogP contribution is 2.15. The lowest BCUT2D eigenvalue weighted by Gasteiger charge is -2.11. The van der Waals surface area contributed by atoms with Crippen molar-refractivity contribution in [3.63, 3.8) is 0 Å². The molecule has 0 aliphatic rings. The van der Waals surface area contributed by atoms with Crippen molar-refractivity contribution in [3.05, 3.63) is 45.4 Å². The third kappa shape index (κ3) is 2.50. The maximum atomic E-state index is 11.0. The first-order chi connectivity index (χ1) is 8.08. The molecule has 0 unspecified atom stereocenters. The van der Waals surface area contributed by atoms with E-state index in [4.69, 9.17) is 5.73 Å². The van der Waals surface area contributed by atoms with Gasteiger partial charge in [-0.2, -0.15) is 0 Å². The number of nitrogens with zero attached hydrogens (tertiary/aromatic N) is 1. The molecule has 0 spiro atoms. The quantitative estimate of drug-likeness (QED) is 0.870. The second-order valence-electron chi connectivity index (χ2n) is 3.95. The summed E-state index contributed by atoms with van der Waals surface area (Å²) < 4.78 is 2.03. The molecule has 5 heteroatoms. The van der Waals surface area contributed by atoms with Gasteiger partial charge in [0.05, 0.1) is 12.1 Å². The summed E-state index contributed by atoms with van der Waals surface area (Å²) in [6.07, 6.45) is 0. The lowest BCUT2D eigenvalue weighted by molar-refractivity contribution is 0.100. The lowest BCUT2D eigenvalue weighted by atomic mass is 10.3. The first kappa shape index (κ1) is 11.7. The Morgan fingerprint density at radius 2 is 2.06 bits per heavy atom. The van der Waals surface area contributed by atoms with E-state index in [9.17, 15) is 4.79 Å². The van der Waals surface area contributed by atoms with Crippen LogP contribution in [0.5, 0.6) is 0 Å². The maximum Gasteiger partial charge on any atom is 0.249 e. The molecule has 0 fully saturated rings. The zero-order valence-electron chi connectivity index (χ0n) is 9.86. The minimum Gasteiger partial charge on any atom is -0.366 e.